The van der Waals surface area contributed by atoms with Crippen molar-refractivity contribution < 1.29 is 19.1 Å². The molecule has 0 rings (SSSR count). The molecule has 0 saturated carbocycles. The predicted molar refractivity (Wildman–Crippen MR) is 216 cm³/mol. The van der Waals surface area contributed by atoms with Crippen LogP contribution in [0.15, 0.2) is 0 Å². The summed E-state index contributed by atoms with van der Waals surface area (Å²) in [5.74, 6) is -0.00579. The lowest BCUT2D eigenvalue weighted by Crippen LogP contribution is -2.28. The van der Waals surface area contributed by atoms with Crippen LogP contribution >= 0.6 is 0 Å². The van der Waals surface area contributed by atoms with Crippen molar-refractivity contribution in [3.8, 4) is 0 Å². The number of hydrogen-bond acceptors (Lipinski definition) is 6. The van der Waals surface area contributed by atoms with Gasteiger partial charge >= 0.3 is 11.9 Å². The topological polar surface area (TPSA) is 81.9 Å². The van der Waals surface area contributed by atoms with Crippen LogP contribution < -0.4 is 5.73 Å². The molecular formula is C44H88N2O4. The predicted octanol–water partition coefficient (Wildman–Crippen LogP) is 12.6. The molecule has 0 aromatic carbocycles. The summed E-state index contributed by atoms with van der Waals surface area (Å²) in [5, 5.41) is 0. The minimum atomic E-state index is -0.0297. The highest BCUT2D eigenvalue weighted by Crippen LogP contribution is 2.19. The van der Waals surface area contributed by atoms with Crippen LogP contribution in [0.3, 0.4) is 0 Å². The molecule has 0 aliphatic heterocycles. The van der Waals surface area contributed by atoms with Crippen molar-refractivity contribution in [2.75, 3.05) is 26.2 Å². The van der Waals surface area contributed by atoms with E-state index in [1.807, 2.05) is 6.92 Å². The molecule has 0 fully saturated rings. The Kier molecular flexibility index (Phi) is 38.2. The van der Waals surface area contributed by atoms with E-state index in [0.717, 1.165) is 90.4 Å². The number of hydrogen-bond donors (Lipinski definition) is 1. The van der Waals surface area contributed by atoms with Crippen molar-refractivity contribution in [1.29, 1.82) is 0 Å². The molecule has 298 valence electrons. The Bertz CT molecular complexity index is 702. The Hall–Kier alpha value is -1.14. The molecule has 0 aliphatic rings. The molecule has 0 aliphatic carbocycles. The fraction of sp³-hybridized carbons (Fsp3) is 0.955. The van der Waals surface area contributed by atoms with E-state index in [2.05, 4.69) is 25.7 Å². The summed E-state index contributed by atoms with van der Waals surface area (Å²) in [6.07, 6.45) is 37.2. The van der Waals surface area contributed by atoms with Gasteiger partial charge in [0.15, 0.2) is 0 Å². The second-order valence-electron chi connectivity index (χ2n) is 15.4. The largest absolute Gasteiger partial charge is 0.463 e. The fourth-order valence-corrected chi connectivity index (χ4v) is 6.93. The number of carbonyl (C=O) groups excluding carboxylic acids is 2. The highest BCUT2D eigenvalue weighted by Gasteiger charge is 2.15. The van der Waals surface area contributed by atoms with Crippen LogP contribution in [0.25, 0.3) is 0 Å². The third-order valence-corrected chi connectivity index (χ3v) is 10.2. The zero-order chi connectivity index (χ0) is 36.8. The molecule has 0 aromatic heterocycles. The summed E-state index contributed by atoms with van der Waals surface area (Å²) in [6.45, 7) is 12.8. The van der Waals surface area contributed by atoms with Gasteiger partial charge in [-0.2, -0.15) is 0 Å². The molecule has 6 nitrogen and oxygen atoms in total. The maximum Gasteiger partial charge on any atom is 0.306 e. The van der Waals surface area contributed by atoms with E-state index in [4.69, 9.17) is 15.2 Å². The number of carbonyl (C=O) groups is 2. The molecule has 0 bridgehead atoms. The van der Waals surface area contributed by atoms with Crippen LogP contribution in [0.5, 0.6) is 0 Å². The summed E-state index contributed by atoms with van der Waals surface area (Å²) >= 11 is 0. The minimum Gasteiger partial charge on any atom is -0.463 e. The van der Waals surface area contributed by atoms with Crippen LogP contribution in [0.4, 0.5) is 0 Å². The minimum absolute atomic E-state index is 0.0240. The molecule has 1 atom stereocenters. The third kappa shape index (κ3) is 35.3. The van der Waals surface area contributed by atoms with Gasteiger partial charge in [0.25, 0.3) is 0 Å². The van der Waals surface area contributed by atoms with Crippen molar-refractivity contribution in [2.24, 2.45) is 5.73 Å². The van der Waals surface area contributed by atoms with Crippen molar-refractivity contribution in [3.63, 3.8) is 0 Å². The van der Waals surface area contributed by atoms with Crippen LogP contribution in [0, 0.1) is 0 Å². The highest BCUT2D eigenvalue weighted by atomic mass is 16.5. The first-order valence-electron chi connectivity index (χ1n) is 22.3. The first kappa shape index (κ1) is 48.9. The SMILES string of the molecule is CCCCCCCCC(C)OC(=O)CCCCCN(CCCN)CCCCCCCC(=O)OC(CCCCCCCC)CCCCCCCC. The first-order chi connectivity index (χ1) is 24.5. The van der Waals surface area contributed by atoms with Gasteiger partial charge in [-0.25, -0.2) is 0 Å². The zero-order valence-electron chi connectivity index (χ0n) is 34.3. The monoisotopic (exact) mass is 709 g/mol. The molecule has 0 amide bonds. The van der Waals surface area contributed by atoms with Gasteiger partial charge in [-0.05, 0) is 104 Å². The van der Waals surface area contributed by atoms with Gasteiger partial charge in [0.1, 0.15) is 6.10 Å². The zero-order valence-corrected chi connectivity index (χ0v) is 34.3. The summed E-state index contributed by atoms with van der Waals surface area (Å²) < 4.78 is 11.7. The Morgan fingerprint density at radius 2 is 0.820 bits per heavy atom. The van der Waals surface area contributed by atoms with Gasteiger partial charge in [0.05, 0.1) is 6.10 Å². The third-order valence-electron chi connectivity index (χ3n) is 10.2. The van der Waals surface area contributed by atoms with Crippen molar-refractivity contribution >= 4 is 11.9 Å². The summed E-state index contributed by atoms with van der Waals surface area (Å²) in [5.41, 5.74) is 5.82. The fourth-order valence-electron chi connectivity index (χ4n) is 6.93. The van der Waals surface area contributed by atoms with Gasteiger partial charge in [-0.3, -0.25) is 9.59 Å². The lowest BCUT2D eigenvalue weighted by atomic mass is 10.0. The summed E-state index contributed by atoms with van der Waals surface area (Å²) in [7, 11) is 0. The van der Waals surface area contributed by atoms with Crippen LogP contribution in [0.2, 0.25) is 0 Å². The van der Waals surface area contributed by atoms with Gasteiger partial charge in [-0.15, -0.1) is 0 Å². The van der Waals surface area contributed by atoms with E-state index in [0.29, 0.717) is 12.8 Å². The Labute approximate surface area is 312 Å². The van der Waals surface area contributed by atoms with E-state index in [-0.39, 0.29) is 24.1 Å². The quantitative estimate of drug-likeness (QED) is 0.0504. The van der Waals surface area contributed by atoms with E-state index >= 15 is 0 Å². The summed E-state index contributed by atoms with van der Waals surface area (Å²) in [6, 6.07) is 0. The molecule has 0 aromatic rings. The molecule has 0 spiro atoms. The second kappa shape index (κ2) is 39.1. The second-order valence-corrected chi connectivity index (χ2v) is 15.4. The Morgan fingerprint density at radius 3 is 1.30 bits per heavy atom. The average Bonchev–Trinajstić information content (AvgIpc) is 3.10. The highest BCUT2D eigenvalue weighted by molar-refractivity contribution is 5.69. The van der Waals surface area contributed by atoms with Crippen molar-refractivity contribution in [1.82, 2.24) is 4.90 Å². The van der Waals surface area contributed by atoms with Crippen LogP contribution in [-0.4, -0.2) is 55.2 Å². The molecular weight excluding hydrogens is 620 g/mol. The van der Waals surface area contributed by atoms with E-state index in [1.165, 1.54) is 128 Å². The smallest absolute Gasteiger partial charge is 0.306 e. The lowest BCUT2D eigenvalue weighted by Gasteiger charge is -2.22. The number of nitrogens with zero attached hydrogens (tertiary/aromatic N) is 1. The van der Waals surface area contributed by atoms with Gasteiger partial charge in [-0.1, -0.05) is 143 Å². The van der Waals surface area contributed by atoms with Crippen molar-refractivity contribution in [3.05, 3.63) is 0 Å². The number of rotatable bonds is 40. The molecule has 0 saturated heterocycles. The molecule has 0 radical (unpaired) electrons. The van der Waals surface area contributed by atoms with E-state index in [9.17, 15) is 9.59 Å². The van der Waals surface area contributed by atoms with Crippen LogP contribution in [-0.2, 0) is 19.1 Å². The van der Waals surface area contributed by atoms with Crippen molar-refractivity contribution in [2.45, 2.75) is 245 Å². The number of nitrogens with two attached hydrogens (primary N) is 1. The van der Waals surface area contributed by atoms with E-state index < -0.39 is 0 Å². The van der Waals surface area contributed by atoms with E-state index in [1.54, 1.807) is 0 Å². The van der Waals surface area contributed by atoms with Crippen LogP contribution in [0.1, 0.15) is 233 Å². The Morgan fingerprint density at radius 1 is 0.460 bits per heavy atom. The molecule has 2 N–H and O–H groups in total. The molecule has 6 heteroatoms. The van der Waals surface area contributed by atoms with Gasteiger partial charge < -0.3 is 20.1 Å². The Balaban J connectivity index is 4.13. The average molecular weight is 709 g/mol. The molecule has 50 heavy (non-hydrogen) atoms. The lowest BCUT2D eigenvalue weighted by molar-refractivity contribution is -0.150. The molecule has 1 unspecified atom stereocenters. The maximum absolute atomic E-state index is 12.7. The molecule has 0 heterocycles. The standard InChI is InChI=1S/C44H88N2O4/c1-5-8-11-14-18-24-32-41(4)49-43(47)35-28-23-30-39-46(40-31-37-45)38-29-22-17-21-27-36-44(48)50-42(33-25-19-15-12-9-6-2)34-26-20-16-13-10-7-3/h41-42H,5-40,45H2,1-4H3. The van der Waals surface area contributed by atoms with Gasteiger partial charge in [0.2, 0.25) is 0 Å². The number of ether oxygens (including phenoxy) is 2. The summed E-state index contributed by atoms with van der Waals surface area (Å²) in [4.78, 5) is 27.6. The maximum atomic E-state index is 12.7. The normalized spacial score (nSPS) is 12.2. The first-order valence-corrected chi connectivity index (χ1v) is 22.3. The number of unbranched alkanes of at least 4 members (excludes halogenated alkanes) is 21. The van der Waals surface area contributed by atoms with Gasteiger partial charge in [0, 0.05) is 12.8 Å². The number of esters is 2.